The highest BCUT2D eigenvalue weighted by Crippen LogP contribution is 2.17. The average Bonchev–Trinajstić information content (AvgIpc) is 3.21. The van der Waals surface area contributed by atoms with Crippen molar-refractivity contribution >= 4 is 28.0 Å². The van der Waals surface area contributed by atoms with Crippen LogP contribution in [-0.4, -0.2) is 16.1 Å². The molecule has 0 amide bonds. The third-order valence-electron chi connectivity index (χ3n) is 3.09. The molecule has 0 fully saturated rings. The summed E-state index contributed by atoms with van der Waals surface area (Å²) < 4.78 is 16.0. The Hall–Kier alpha value is -2.67. The van der Waals surface area contributed by atoms with Gasteiger partial charge < -0.3 is 13.7 Å². The van der Waals surface area contributed by atoms with Gasteiger partial charge in [-0.15, -0.1) is 0 Å². The summed E-state index contributed by atoms with van der Waals surface area (Å²) in [6, 6.07) is 11.2. The van der Waals surface area contributed by atoms with Gasteiger partial charge in [0.05, 0.1) is 0 Å². The van der Waals surface area contributed by atoms with Gasteiger partial charge in [-0.2, -0.15) is 4.98 Å². The Morgan fingerprint density at radius 1 is 1.25 bits per heavy atom. The Kier molecular flexibility index (Phi) is 4.90. The zero-order chi connectivity index (χ0) is 16.9. The van der Waals surface area contributed by atoms with Crippen LogP contribution in [0.3, 0.4) is 0 Å². The number of esters is 1. The molecule has 0 saturated heterocycles. The summed E-state index contributed by atoms with van der Waals surface area (Å²) >= 11 is 3.18. The van der Waals surface area contributed by atoms with E-state index in [4.69, 9.17) is 13.7 Å². The molecule has 0 aliphatic carbocycles. The van der Waals surface area contributed by atoms with E-state index in [1.165, 1.54) is 12.2 Å². The molecular weight excluding hydrogens is 376 g/mol. The minimum Gasteiger partial charge on any atom is -0.452 e. The van der Waals surface area contributed by atoms with Gasteiger partial charge in [-0.05, 0) is 41.1 Å². The van der Waals surface area contributed by atoms with Gasteiger partial charge in [-0.3, -0.25) is 0 Å². The third-order valence-corrected chi connectivity index (χ3v) is 3.52. The molecule has 2 heterocycles. The van der Waals surface area contributed by atoms with Crippen molar-refractivity contribution < 1.29 is 18.5 Å². The number of nitrogens with zero attached hydrogens (tertiary/aromatic N) is 2. The lowest BCUT2D eigenvalue weighted by Crippen LogP contribution is -2.00. The lowest BCUT2D eigenvalue weighted by molar-refractivity contribution is -0.139. The molecule has 0 aliphatic heterocycles. The van der Waals surface area contributed by atoms with E-state index in [2.05, 4.69) is 26.1 Å². The summed E-state index contributed by atoms with van der Waals surface area (Å²) in [6.45, 7) is 1.91. The molecule has 122 valence electrons. The molecule has 24 heavy (non-hydrogen) atoms. The quantitative estimate of drug-likeness (QED) is 0.482. The molecule has 1 aromatic carbocycles. The topological polar surface area (TPSA) is 78.4 Å². The van der Waals surface area contributed by atoms with Crippen molar-refractivity contribution in [3.05, 3.63) is 64.4 Å². The fourth-order valence-electron chi connectivity index (χ4n) is 1.88. The zero-order valence-corrected chi connectivity index (χ0v) is 14.3. The summed E-state index contributed by atoms with van der Waals surface area (Å²) in [6.07, 6.45) is 2.78. The summed E-state index contributed by atoms with van der Waals surface area (Å²) in [5.74, 6) is 0.695. The number of ether oxygens (including phenoxy) is 1. The van der Waals surface area contributed by atoms with E-state index in [1.807, 2.05) is 31.2 Å². The van der Waals surface area contributed by atoms with Crippen LogP contribution in [0.5, 0.6) is 0 Å². The van der Waals surface area contributed by atoms with Gasteiger partial charge in [0.25, 0.3) is 5.89 Å². The van der Waals surface area contributed by atoms with Crippen molar-refractivity contribution in [3.63, 3.8) is 0 Å². The number of aromatic nitrogens is 2. The number of hydrogen-bond donors (Lipinski definition) is 0. The fourth-order valence-corrected chi connectivity index (χ4v) is 2.20. The average molecular weight is 389 g/mol. The largest absolute Gasteiger partial charge is 0.452 e. The maximum atomic E-state index is 11.7. The number of aryl methyl sites for hydroxylation is 1. The van der Waals surface area contributed by atoms with Gasteiger partial charge in [-0.25, -0.2) is 4.79 Å². The minimum atomic E-state index is -0.530. The molecule has 2 aromatic heterocycles. The van der Waals surface area contributed by atoms with Crippen LogP contribution in [0.4, 0.5) is 0 Å². The van der Waals surface area contributed by atoms with Crippen molar-refractivity contribution in [2.45, 2.75) is 13.5 Å². The highest BCUT2D eigenvalue weighted by molar-refractivity contribution is 9.10. The Bertz CT molecular complexity index is 865. The van der Waals surface area contributed by atoms with Gasteiger partial charge in [0.2, 0.25) is 5.82 Å². The normalized spacial score (nSPS) is 11.1. The molecule has 0 atom stereocenters. The van der Waals surface area contributed by atoms with E-state index in [0.717, 1.165) is 11.1 Å². The number of benzene rings is 1. The van der Waals surface area contributed by atoms with E-state index in [-0.39, 0.29) is 12.5 Å². The molecule has 0 bridgehead atoms. The number of rotatable bonds is 5. The van der Waals surface area contributed by atoms with Gasteiger partial charge in [0, 0.05) is 11.6 Å². The number of carbonyl (C=O) groups excluding carboxylic acids is 1. The van der Waals surface area contributed by atoms with E-state index >= 15 is 0 Å². The molecule has 0 spiro atoms. The van der Waals surface area contributed by atoms with E-state index in [1.54, 1.807) is 12.1 Å². The number of hydrogen-bond acceptors (Lipinski definition) is 6. The molecule has 7 heteroatoms. The molecule has 3 aromatic rings. The number of halogens is 1. The Labute approximate surface area is 146 Å². The highest BCUT2D eigenvalue weighted by Gasteiger charge is 2.10. The maximum Gasteiger partial charge on any atom is 0.331 e. The van der Waals surface area contributed by atoms with Gasteiger partial charge >= 0.3 is 5.97 Å². The Morgan fingerprint density at radius 3 is 2.75 bits per heavy atom. The Morgan fingerprint density at radius 2 is 2.04 bits per heavy atom. The van der Waals surface area contributed by atoms with Crippen molar-refractivity contribution in [2.24, 2.45) is 0 Å². The van der Waals surface area contributed by atoms with E-state index in [0.29, 0.717) is 16.3 Å². The Balaban J connectivity index is 1.56. The highest BCUT2D eigenvalue weighted by atomic mass is 79.9. The first kappa shape index (κ1) is 16.2. The SMILES string of the molecule is Cc1ccc(-c2noc(COC(=O)/C=C/c3ccc(Br)o3)n2)cc1. The smallest absolute Gasteiger partial charge is 0.331 e. The summed E-state index contributed by atoms with van der Waals surface area (Å²) in [4.78, 5) is 15.9. The number of carbonyl (C=O) groups is 1. The van der Waals surface area contributed by atoms with Gasteiger partial charge in [-0.1, -0.05) is 35.0 Å². The molecule has 0 radical (unpaired) electrons. The molecular formula is C17H13BrN2O4. The molecule has 6 nitrogen and oxygen atoms in total. The van der Waals surface area contributed by atoms with Crippen LogP contribution in [0.1, 0.15) is 17.2 Å². The summed E-state index contributed by atoms with van der Waals surface area (Å²) in [5.41, 5.74) is 1.98. The third kappa shape index (κ3) is 4.20. The molecule has 0 saturated carbocycles. The lowest BCUT2D eigenvalue weighted by atomic mass is 10.1. The predicted octanol–water partition coefficient (Wildman–Crippen LogP) is 4.16. The van der Waals surface area contributed by atoms with Crippen molar-refractivity contribution in [1.82, 2.24) is 10.1 Å². The van der Waals surface area contributed by atoms with Gasteiger partial charge in [0.15, 0.2) is 11.3 Å². The van der Waals surface area contributed by atoms with Crippen LogP contribution in [0, 0.1) is 6.92 Å². The van der Waals surface area contributed by atoms with E-state index < -0.39 is 5.97 Å². The van der Waals surface area contributed by atoms with Crippen LogP contribution < -0.4 is 0 Å². The number of furan rings is 1. The van der Waals surface area contributed by atoms with Crippen LogP contribution >= 0.6 is 15.9 Å². The first-order valence-electron chi connectivity index (χ1n) is 7.10. The predicted molar refractivity (Wildman–Crippen MR) is 89.7 cm³/mol. The van der Waals surface area contributed by atoms with Crippen LogP contribution in [-0.2, 0) is 16.1 Å². The zero-order valence-electron chi connectivity index (χ0n) is 12.7. The van der Waals surface area contributed by atoms with Crippen LogP contribution in [0.15, 0.2) is 56.1 Å². The monoisotopic (exact) mass is 388 g/mol. The maximum absolute atomic E-state index is 11.7. The molecule has 0 aliphatic rings. The summed E-state index contributed by atoms with van der Waals surface area (Å²) in [5, 5.41) is 3.87. The second-order valence-corrected chi connectivity index (χ2v) is 5.74. The molecule has 3 rings (SSSR count). The summed E-state index contributed by atoms with van der Waals surface area (Å²) in [7, 11) is 0. The van der Waals surface area contributed by atoms with Crippen molar-refractivity contribution in [3.8, 4) is 11.4 Å². The second kappa shape index (κ2) is 7.27. The second-order valence-electron chi connectivity index (χ2n) is 4.96. The fraction of sp³-hybridized carbons (Fsp3) is 0.118. The van der Waals surface area contributed by atoms with Crippen molar-refractivity contribution in [1.29, 1.82) is 0 Å². The first-order valence-corrected chi connectivity index (χ1v) is 7.89. The first-order chi connectivity index (χ1) is 11.6. The van der Waals surface area contributed by atoms with Gasteiger partial charge in [0.1, 0.15) is 5.76 Å². The minimum absolute atomic E-state index is 0.0934. The van der Waals surface area contributed by atoms with E-state index in [9.17, 15) is 4.79 Å². The van der Waals surface area contributed by atoms with Crippen molar-refractivity contribution in [2.75, 3.05) is 0 Å². The molecule has 0 N–H and O–H groups in total. The molecule has 0 unspecified atom stereocenters. The van der Waals surface area contributed by atoms with Crippen LogP contribution in [0.25, 0.3) is 17.5 Å². The lowest BCUT2D eigenvalue weighted by Gasteiger charge is -1.96. The standard InChI is InChI=1S/C17H13BrN2O4/c1-11-2-4-12(5-3-11)17-19-15(24-20-17)10-22-16(21)9-7-13-6-8-14(18)23-13/h2-9H,10H2,1H3/b9-7+. The van der Waals surface area contributed by atoms with Crippen LogP contribution in [0.2, 0.25) is 0 Å².